The molecule has 104 valence electrons. The molecular weight excluding hydrogens is 260 g/mol. The van der Waals surface area contributed by atoms with Gasteiger partial charge in [0.2, 0.25) is 0 Å². The zero-order valence-electron chi connectivity index (χ0n) is 11.8. The zero-order chi connectivity index (χ0) is 14.0. The summed E-state index contributed by atoms with van der Waals surface area (Å²) in [6.45, 7) is 6.20. The van der Waals surface area contributed by atoms with Crippen molar-refractivity contribution in [1.29, 1.82) is 0 Å². The second-order valence-corrected chi connectivity index (χ2v) is 5.79. The first-order valence-electron chi connectivity index (χ1n) is 6.54. The summed E-state index contributed by atoms with van der Waals surface area (Å²) in [5, 5.41) is 18.9. The minimum absolute atomic E-state index is 0.279. The Morgan fingerprint density at radius 1 is 1.42 bits per heavy atom. The van der Waals surface area contributed by atoms with Crippen molar-refractivity contribution in [2.45, 2.75) is 45.6 Å². The Morgan fingerprint density at radius 3 is 2.74 bits per heavy atom. The minimum Gasteiger partial charge on any atom is -0.387 e. The van der Waals surface area contributed by atoms with E-state index >= 15 is 0 Å². The highest BCUT2D eigenvalue weighted by Crippen LogP contribution is 2.28. The summed E-state index contributed by atoms with van der Waals surface area (Å²) >= 11 is 1.28. The van der Waals surface area contributed by atoms with E-state index in [1.165, 1.54) is 11.5 Å². The highest BCUT2D eigenvalue weighted by atomic mass is 32.1. The van der Waals surface area contributed by atoms with Crippen LogP contribution in [0.1, 0.15) is 54.8 Å². The van der Waals surface area contributed by atoms with Crippen molar-refractivity contribution in [2.24, 2.45) is 7.05 Å². The number of aromatic nitrogens is 4. The summed E-state index contributed by atoms with van der Waals surface area (Å²) in [7, 11) is 1.91. The second kappa shape index (κ2) is 5.79. The molecule has 6 heteroatoms. The van der Waals surface area contributed by atoms with Crippen LogP contribution in [0.15, 0.2) is 6.07 Å². The van der Waals surface area contributed by atoms with Crippen molar-refractivity contribution in [2.75, 3.05) is 0 Å². The van der Waals surface area contributed by atoms with Crippen molar-refractivity contribution in [3.05, 3.63) is 28.0 Å². The van der Waals surface area contributed by atoms with Gasteiger partial charge in [0.15, 0.2) is 0 Å². The standard InChI is InChI=1S/C13H20N4OS/c1-5-9-6-10(17(4)15-9)7-11(18)13-12(8(2)3)14-16-19-13/h6,8,11,18H,5,7H2,1-4H3. The summed E-state index contributed by atoms with van der Waals surface area (Å²) in [6, 6.07) is 2.05. The SMILES string of the molecule is CCc1cc(CC(O)c2snnc2C(C)C)n(C)n1. The third-order valence-electron chi connectivity index (χ3n) is 3.18. The lowest BCUT2D eigenvalue weighted by Gasteiger charge is -2.11. The van der Waals surface area contributed by atoms with Crippen LogP contribution in [0.2, 0.25) is 0 Å². The van der Waals surface area contributed by atoms with Crippen molar-refractivity contribution < 1.29 is 5.11 Å². The fraction of sp³-hybridized carbons (Fsp3) is 0.615. The average Bonchev–Trinajstić information content (AvgIpc) is 2.96. The number of hydrogen-bond acceptors (Lipinski definition) is 5. The van der Waals surface area contributed by atoms with E-state index in [1.807, 2.05) is 17.8 Å². The van der Waals surface area contributed by atoms with Gasteiger partial charge >= 0.3 is 0 Å². The maximum absolute atomic E-state index is 10.4. The molecule has 2 aromatic heterocycles. The van der Waals surface area contributed by atoms with E-state index in [0.717, 1.165) is 28.4 Å². The van der Waals surface area contributed by atoms with E-state index < -0.39 is 6.10 Å². The quantitative estimate of drug-likeness (QED) is 0.912. The lowest BCUT2D eigenvalue weighted by molar-refractivity contribution is 0.178. The van der Waals surface area contributed by atoms with E-state index in [0.29, 0.717) is 6.42 Å². The van der Waals surface area contributed by atoms with Crippen molar-refractivity contribution in [3.63, 3.8) is 0 Å². The average molecular weight is 280 g/mol. The van der Waals surface area contributed by atoms with Crippen LogP contribution in [0.5, 0.6) is 0 Å². The number of aryl methyl sites for hydroxylation is 2. The van der Waals surface area contributed by atoms with E-state index in [-0.39, 0.29) is 5.92 Å². The fourth-order valence-electron chi connectivity index (χ4n) is 2.06. The molecule has 1 unspecified atom stereocenters. The van der Waals surface area contributed by atoms with Crippen LogP contribution >= 0.6 is 11.5 Å². The molecule has 0 radical (unpaired) electrons. The maximum atomic E-state index is 10.4. The molecule has 0 bridgehead atoms. The Bertz CT molecular complexity index is 547. The smallest absolute Gasteiger partial charge is 0.0972 e. The van der Waals surface area contributed by atoms with Gasteiger partial charge < -0.3 is 5.11 Å². The molecule has 0 saturated carbocycles. The van der Waals surface area contributed by atoms with Gasteiger partial charge in [0.1, 0.15) is 0 Å². The predicted molar refractivity (Wildman–Crippen MR) is 75.2 cm³/mol. The molecule has 2 aromatic rings. The largest absolute Gasteiger partial charge is 0.387 e. The predicted octanol–water partition coefficient (Wildman–Crippen LogP) is 2.23. The molecular formula is C13H20N4OS. The molecule has 0 aliphatic rings. The van der Waals surface area contributed by atoms with Crippen LogP contribution in [0.3, 0.4) is 0 Å². The number of nitrogens with zero attached hydrogens (tertiary/aromatic N) is 4. The van der Waals surface area contributed by atoms with Gasteiger partial charge in [-0.25, -0.2) is 0 Å². The number of aliphatic hydroxyl groups excluding tert-OH is 1. The first kappa shape index (κ1) is 14.1. The van der Waals surface area contributed by atoms with Gasteiger partial charge in [-0.15, -0.1) is 5.10 Å². The number of rotatable bonds is 5. The normalized spacial score (nSPS) is 13.2. The van der Waals surface area contributed by atoms with Crippen molar-refractivity contribution in [1.82, 2.24) is 19.4 Å². The Kier molecular flexibility index (Phi) is 4.31. The van der Waals surface area contributed by atoms with Gasteiger partial charge in [0.05, 0.1) is 22.4 Å². The molecule has 0 spiro atoms. The number of hydrogen-bond donors (Lipinski definition) is 1. The van der Waals surface area contributed by atoms with E-state index in [2.05, 4.69) is 35.5 Å². The molecule has 0 aromatic carbocycles. The summed E-state index contributed by atoms with van der Waals surface area (Å²) < 4.78 is 5.80. The third-order valence-corrected chi connectivity index (χ3v) is 4.02. The van der Waals surface area contributed by atoms with Crippen LogP contribution in [-0.2, 0) is 19.9 Å². The molecule has 1 N–H and O–H groups in total. The molecule has 0 aliphatic carbocycles. The number of aliphatic hydroxyl groups is 1. The zero-order valence-corrected chi connectivity index (χ0v) is 12.6. The molecule has 19 heavy (non-hydrogen) atoms. The summed E-state index contributed by atoms with van der Waals surface area (Å²) in [5.41, 5.74) is 2.99. The van der Waals surface area contributed by atoms with Gasteiger partial charge in [0.25, 0.3) is 0 Å². The van der Waals surface area contributed by atoms with Crippen LogP contribution in [0, 0.1) is 0 Å². The van der Waals surface area contributed by atoms with Crippen LogP contribution in [0.25, 0.3) is 0 Å². The molecule has 1 atom stereocenters. The lowest BCUT2D eigenvalue weighted by Crippen LogP contribution is -2.07. The Balaban J connectivity index is 2.18. The second-order valence-electron chi connectivity index (χ2n) is 5.00. The van der Waals surface area contributed by atoms with Crippen LogP contribution in [0.4, 0.5) is 0 Å². The molecule has 0 fully saturated rings. The molecule has 2 heterocycles. The van der Waals surface area contributed by atoms with E-state index in [1.54, 1.807) is 0 Å². The van der Waals surface area contributed by atoms with Gasteiger partial charge in [-0.05, 0) is 29.9 Å². The van der Waals surface area contributed by atoms with Crippen molar-refractivity contribution in [3.8, 4) is 0 Å². The molecule has 0 amide bonds. The highest BCUT2D eigenvalue weighted by molar-refractivity contribution is 7.05. The monoisotopic (exact) mass is 280 g/mol. The topological polar surface area (TPSA) is 63.8 Å². The lowest BCUT2D eigenvalue weighted by atomic mass is 10.0. The van der Waals surface area contributed by atoms with Crippen LogP contribution in [-0.4, -0.2) is 24.5 Å². The third kappa shape index (κ3) is 3.01. The summed E-state index contributed by atoms with van der Waals surface area (Å²) in [4.78, 5) is 0.870. The summed E-state index contributed by atoms with van der Waals surface area (Å²) in [5.74, 6) is 0.279. The van der Waals surface area contributed by atoms with Crippen LogP contribution < -0.4 is 0 Å². The minimum atomic E-state index is -0.558. The molecule has 2 rings (SSSR count). The van der Waals surface area contributed by atoms with Gasteiger partial charge in [0, 0.05) is 19.2 Å². The van der Waals surface area contributed by atoms with E-state index in [4.69, 9.17) is 0 Å². The molecule has 0 saturated heterocycles. The van der Waals surface area contributed by atoms with E-state index in [9.17, 15) is 5.11 Å². The molecule has 0 aliphatic heterocycles. The first-order chi connectivity index (χ1) is 9.02. The Hall–Kier alpha value is -1.27. The highest BCUT2D eigenvalue weighted by Gasteiger charge is 2.20. The first-order valence-corrected chi connectivity index (χ1v) is 7.32. The van der Waals surface area contributed by atoms with Gasteiger partial charge in [-0.2, -0.15) is 5.10 Å². The Labute approximate surface area is 117 Å². The fourth-order valence-corrected chi connectivity index (χ4v) is 2.85. The maximum Gasteiger partial charge on any atom is 0.0972 e. The van der Waals surface area contributed by atoms with Gasteiger partial charge in [-0.3, -0.25) is 4.68 Å². The van der Waals surface area contributed by atoms with Gasteiger partial charge in [-0.1, -0.05) is 25.3 Å². The summed E-state index contributed by atoms with van der Waals surface area (Å²) in [6.07, 6.45) is 0.897. The van der Waals surface area contributed by atoms with Crippen molar-refractivity contribution >= 4 is 11.5 Å². The Morgan fingerprint density at radius 2 is 2.16 bits per heavy atom. The molecule has 5 nitrogen and oxygen atoms in total.